The van der Waals surface area contributed by atoms with Gasteiger partial charge in [-0.2, -0.15) is 5.10 Å². The van der Waals surface area contributed by atoms with Gasteiger partial charge in [0, 0.05) is 17.4 Å². The maximum atomic E-state index is 4.63. The van der Waals surface area contributed by atoms with Gasteiger partial charge in [-0.3, -0.25) is 0 Å². The highest BCUT2D eigenvalue weighted by molar-refractivity contribution is 5.62. The lowest BCUT2D eigenvalue weighted by Gasteiger charge is -2.07. The minimum atomic E-state index is 0.890. The van der Waals surface area contributed by atoms with Gasteiger partial charge < -0.3 is 4.57 Å². The quantitative estimate of drug-likeness (QED) is 0.549. The van der Waals surface area contributed by atoms with Crippen molar-refractivity contribution in [3.05, 3.63) is 84.6 Å². The molecule has 4 rings (SSSR count). The number of nitrogens with zero attached hydrogens (tertiary/aromatic N) is 4. The van der Waals surface area contributed by atoms with Crippen LogP contribution in [-0.2, 0) is 6.42 Å². The lowest BCUT2D eigenvalue weighted by atomic mass is 10.1. The van der Waals surface area contributed by atoms with Crippen molar-refractivity contribution in [1.29, 1.82) is 0 Å². The summed E-state index contributed by atoms with van der Waals surface area (Å²) in [7, 11) is 0. The summed E-state index contributed by atoms with van der Waals surface area (Å²) >= 11 is 0. The van der Waals surface area contributed by atoms with Gasteiger partial charge in [0.1, 0.15) is 0 Å². The van der Waals surface area contributed by atoms with Crippen molar-refractivity contribution in [2.45, 2.75) is 20.3 Å². The zero-order valence-electron chi connectivity index (χ0n) is 14.4. The molecule has 4 nitrogen and oxygen atoms in total. The van der Waals surface area contributed by atoms with E-state index < -0.39 is 0 Å². The van der Waals surface area contributed by atoms with Crippen molar-refractivity contribution in [1.82, 2.24) is 19.3 Å². The van der Waals surface area contributed by atoms with E-state index in [-0.39, 0.29) is 0 Å². The van der Waals surface area contributed by atoms with Crippen LogP contribution in [0, 0.1) is 6.92 Å². The first kappa shape index (κ1) is 15.4. The number of para-hydroxylation sites is 2. The topological polar surface area (TPSA) is 35.6 Å². The number of hydrogen-bond acceptors (Lipinski definition) is 2. The van der Waals surface area contributed by atoms with Crippen molar-refractivity contribution in [2.75, 3.05) is 0 Å². The number of rotatable bonds is 4. The highest BCUT2D eigenvalue weighted by atomic mass is 15.3. The van der Waals surface area contributed by atoms with Gasteiger partial charge in [-0.15, -0.1) is 0 Å². The summed E-state index contributed by atoms with van der Waals surface area (Å²) in [5.41, 5.74) is 6.64. The van der Waals surface area contributed by atoms with Crippen LogP contribution in [0.25, 0.3) is 22.6 Å². The summed E-state index contributed by atoms with van der Waals surface area (Å²) in [6.07, 6.45) is 6.75. The largest absolute Gasteiger partial charge is 0.305 e. The third kappa shape index (κ3) is 2.76. The van der Waals surface area contributed by atoms with Gasteiger partial charge in [-0.25, -0.2) is 9.67 Å². The number of imidazole rings is 1. The zero-order chi connectivity index (χ0) is 17.2. The summed E-state index contributed by atoms with van der Waals surface area (Å²) in [6.45, 7) is 4.26. The van der Waals surface area contributed by atoms with Gasteiger partial charge in [0.15, 0.2) is 0 Å². The van der Waals surface area contributed by atoms with E-state index >= 15 is 0 Å². The molecule has 0 saturated heterocycles. The molecule has 0 radical (unpaired) electrons. The molecule has 0 spiro atoms. The fraction of sp³-hybridized carbons (Fsp3) is 0.143. The normalized spacial score (nSPS) is 11.0. The number of aromatic nitrogens is 4. The Balaban J connectivity index is 1.77. The SMILES string of the molecule is CCc1c(-c2cn(-c3ccccc3C)cn2)cnn1-c1ccccc1. The molecule has 0 aliphatic rings. The van der Waals surface area contributed by atoms with E-state index in [0.29, 0.717) is 0 Å². The van der Waals surface area contributed by atoms with Crippen molar-refractivity contribution in [3.63, 3.8) is 0 Å². The smallest absolute Gasteiger partial charge is 0.0999 e. The third-order valence-corrected chi connectivity index (χ3v) is 4.46. The molecule has 0 saturated carbocycles. The molecule has 0 atom stereocenters. The van der Waals surface area contributed by atoms with E-state index in [2.05, 4.69) is 65.0 Å². The molecule has 0 N–H and O–H groups in total. The molecule has 0 aliphatic carbocycles. The van der Waals surface area contributed by atoms with E-state index in [1.54, 1.807) is 0 Å². The molecule has 124 valence electrons. The van der Waals surface area contributed by atoms with Crippen molar-refractivity contribution in [2.24, 2.45) is 0 Å². The van der Waals surface area contributed by atoms with Gasteiger partial charge in [0.25, 0.3) is 0 Å². The Kier molecular flexibility index (Phi) is 3.94. The Hall–Kier alpha value is -3.14. The van der Waals surface area contributed by atoms with Crippen molar-refractivity contribution < 1.29 is 0 Å². The summed E-state index contributed by atoms with van der Waals surface area (Å²) in [5.74, 6) is 0. The summed E-state index contributed by atoms with van der Waals surface area (Å²) in [6, 6.07) is 18.5. The van der Waals surface area contributed by atoms with E-state index in [4.69, 9.17) is 0 Å². The fourth-order valence-corrected chi connectivity index (χ4v) is 3.17. The number of hydrogen-bond donors (Lipinski definition) is 0. The standard InChI is InChI=1S/C21H20N4/c1-3-20-18(13-23-25(20)17-10-5-4-6-11-17)19-14-24(15-22-19)21-12-8-7-9-16(21)2/h4-15H,3H2,1-2H3. The number of aryl methyl sites for hydroxylation is 1. The molecule has 0 unspecified atom stereocenters. The van der Waals surface area contributed by atoms with Gasteiger partial charge in [-0.1, -0.05) is 43.3 Å². The predicted molar refractivity (Wildman–Crippen MR) is 100 cm³/mol. The van der Waals surface area contributed by atoms with Gasteiger partial charge in [0.2, 0.25) is 0 Å². The first-order valence-corrected chi connectivity index (χ1v) is 8.50. The van der Waals surface area contributed by atoms with Crippen LogP contribution in [0.2, 0.25) is 0 Å². The molecule has 0 fully saturated rings. The lowest BCUT2D eigenvalue weighted by Crippen LogP contribution is -2.01. The monoisotopic (exact) mass is 328 g/mol. The molecule has 4 aromatic rings. The molecule has 0 amide bonds. The Labute approximate surface area is 147 Å². The van der Waals surface area contributed by atoms with Crippen LogP contribution < -0.4 is 0 Å². The van der Waals surface area contributed by atoms with Crippen LogP contribution in [0.3, 0.4) is 0 Å². The van der Waals surface area contributed by atoms with E-state index in [1.807, 2.05) is 41.5 Å². The Morgan fingerprint density at radius 2 is 1.72 bits per heavy atom. The Morgan fingerprint density at radius 3 is 2.48 bits per heavy atom. The summed E-state index contributed by atoms with van der Waals surface area (Å²) in [5, 5.41) is 4.60. The van der Waals surface area contributed by atoms with Gasteiger partial charge in [-0.05, 0) is 37.1 Å². The van der Waals surface area contributed by atoms with Crippen LogP contribution in [0.1, 0.15) is 18.2 Å². The average molecular weight is 328 g/mol. The maximum absolute atomic E-state index is 4.63. The molecule has 2 aromatic heterocycles. The second-order valence-electron chi connectivity index (χ2n) is 6.06. The van der Waals surface area contributed by atoms with Crippen molar-refractivity contribution in [3.8, 4) is 22.6 Å². The first-order chi connectivity index (χ1) is 12.3. The highest BCUT2D eigenvalue weighted by Crippen LogP contribution is 2.26. The summed E-state index contributed by atoms with van der Waals surface area (Å²) < 4.78 is 4.08. The maximum Gasteiger partial charge on any atom is 0.0999 e. The average Bonchev–Trinajstić information content (AvgIpc) is 3.29. The van der Waals surface area contributed by atoms with Crippen LogP contribution in [-0.4, -0.2) is 19.3 Å². The fourth-order valence-electron chi connectivity index (χ4n) is 3.17. The van der Waals surface area contributed by atoms with Crippen molar-refractivity contribution >= 4 is 0 Å². The number of benzene rings is 2. The van der Waals surface area contributed by atoms with Crippen LogP contribution in [0.15, 0.2) is 73.3 Å². The Bertz CT molecular complexity index is 996. The lowest BCUT2D eigenvalue weighted by molar-refractivity contribution is 0.814. The predicted octanol–water partition coefficient (Wildman–Crippen LogP) is 4.60. The zero-order valence-corrected chi connectivity index (χ0v) is 14.4. The molecule has 2 heterocycles. The molecular formula is C21H20N4. The summed E-state index contributed by atoms with van der Waals surface area (Å²) in [4.78, 5) is 4.63. The van der Waals surface area contributed by atoms with Crippen LogP contribution in [0.4, 0.5) is 0 Å². The van der Waals surface area contributed by atoms with Crippen LogP contribution >= 0.6 is 0 Å². The van der Waals surface area contributed by atoms with E-state index in [9.17, 15) is 0 Å². The second kappa shape index (κ2) is 6.40. The molecule has 0 bridgehead atoms. The third-order valence-electron chi connectivity index (χ3n) is 4.46. The van der Waals surface area contributed by atoms with Gasteiger partial charge >= 0.3 is 0 Å². The van der Waals surface area contributed by atoms with Crippen LogP contribution in [0.5, 0.6) is 0 Å². The molecule has 4 heteroatoms. The molecular weight excluding hydrogens is 308 g/mol. The minimum absolute atomic E-state index is 0.890. The van der Waals surface area contributed by atoms with E-state index in [1.165, 1.54) is 11.3 Å². The first-order valence-electron chi connectivity index (χ1n) is 8.50. The highest BCUT2D eigenvalue weighted by Gasteiger charge is 2.15. The molecule has 2 aromatic carbocycles. The molecule has 25 heavy (non-hydrogen) atoms. The van der Waals surface area contributed by atoms with Gasteiger partial charge in [0.05, 0.1) is 29.6 Å². The molecule has 0 aliphatic heterocycles. The Morgan fingerprint density at radius 1 is 0.960 bits per heavy atom. The van der Waals surface area contributed by atoms with E-state index in [0.717, 1.165) is 29.1 Å². The second-order valence-corrected chi connectivity index (χ2v) is 6.06. The minimum Gasteiger partial charge on any atom is -0.305 e.